The summed E-state index contributed by atoms with van der Waals surface area (Å²) in [6.07, 6.45) is 0.343. The zero-order valence-corrected chi connectivity index (χ0v) is 13.0. The minimum atomic E-state index is -2.96. The lowest BCUT2D eigenvalue weighted by molar-refractivity contribution is 0.267. The van der Waals surface area contributed by atoms with Crippen LogP contribution in [0, 0.1) is 0 Å². The predicted molar refractivity (Wildman–Crippen MR) is 71.1 cm³/mol. The van der Waals surface area contributed by atoms with Gasteiger partial charge in [-0.2, -0.15) is 0 Å². The summed E-state index contributed by atoms with van der Waals surface area (Å²) in [6, 6.07) is 0. The molecule has 0 aromatic carbocycles. The second kappa shape index (κ2) is 5.87. The van der Waals surface area contributed by atoms with E-state index in [1.807, 2.05) is 13.8 Å². The maximum atomic E-state index is 12.0. The summed E-state index contributed by atoms with van der Waals surface area (Å²) in [6.45, 7) is 10.3. The molecule has 0 radical (unpaired) electrons. The molecular weight excluding hydrogens is 245 g/mol. The third kappa shape index (κ3) is 6.92. The largest absolute Gasteiger partial charge is 0.332 e. The topological polar surface area (TPSA) is 47.6 Å². The standard InChI is InChI=1S/C10H24NO3PS/c1-9(2,3)16-11-10(4,5)8-15(12,13-6)14-7/h11H,8H2,1-7H3. The summed E-state index contributed by atoms with van der Waals surface area (Å²) < 4.78 is 25.3. The molecule has 0 fully saturated rings. The Morgan fingerprint density at radius 3 is 1.88 bits per heavy atom. The molecular formula is C10H24NO3PS. The average molecular weight is 269 g/mol. The van der Waals surface area contributed by atoms with Gasteiger partial charge < -0.3 is 9.05 Å². The molecule has 0 aliphatic heterocycles. The Kier molecular flexibility index (Phi) is 6.04. The van der Waals surface area contributed by atoms with E-state index in [9.17, 15) is 4.57 Å². The molecule has 16 heavy (non-hydrogen) atoms. The van der Waals surface area contributed by atoms with E-state index in [1.165, 1.54) is 14.2 Å². The van der Waals surface area contributed by atoms with Crippen molar-refractivity contribution in [3.8, 4) is 0 Å². The minimum Gasteiger partial charge on any atom is -0.312 e. The molecule has 6 heteroatoms. The van der Waals surface area contributed by atoms with E-state index in [4.69, 9.17) is 9.05 Å². The maximum absolute atomic E-state index is 12.0. The van der Waals surface area contributed by atoms with Gasteiger partial charge in [-0.25, -0.2) is 0 Å². The van der Waals surface area contributed by atoms with Gasteiger partial charge in [-0.05, 0) is 34.6 Å². The Morgan fingerprint density at radius 1 is 1.12 bits per heavy atom. The first-order chi connectivity index (χ1) is 7.04. The highest BCUT2D eigenvalue weighted by Gasteiger charge is 2.33. The van der Waals surface area contributed by atoms with Gasteiger partial charge in [-0.1, -0.05) is 11.9 Å². The molecule has 0 aliphatic carbocycles. The van der Waals surface area contributed by atoms with E-state index in [1.54, 1.807) is 11.9 Å². The quantitative estimate of drug-likeness (QED) is 0.592. The third-order valence-electron chi connectivity index (χ3n) is 1.78. The lowest BCUT2D eigenvalue weighted by atomic mass is 10.1. The van der Waals surface area contributed by atoms with Gasteiger partial charge in [-0.3, -0.25) is 9.29 Å². The first-order valence-corrected chi connectivity index (χ1v) is 7.74. The van der Waals surface area contributed by atoms with Gasteiger partial charge in [0.25, 0.3) is 0 Å². The van der Waals surface area contributed by atoms with Gasteiger partial charge >= 0.3 is 7.60 Å². The fourth-order valence-corrected chi connectivity index (χ4v) is 3.23. The second-order valence-electron chi connectivity index (χ2n) is 5.33. The molecule has 0 aromatic heterocycles. The van der Waals surface area contributed by atoms with Crippen LogP contribution >= 0.6 is 19.5 Å². The molecule has 0 heterocycles. The number of rotatable bonds is 6. The van der Waals surface area contributed by atoms with E-state index in [0.717, 1.165) is 0 Å². The second-order valence-corrected chi connectivity index (χ2v) is 9.24. The molecule has 0 saturated heterocycles. The molecule has 0 rings (SSSR count). The van der Waals surface area contributed by atoms with E-state index in [-0.39, 0.29) is 10.3 Å². The van der Waals surface area contributed by atoms with Crippen LogP contribution in [0.25, 0.3) is 0 Å². The fourth-order valence-electron chi connectivity index (χ4n) is 1.01. The van der Waals surface area contributed by atoms with E-state index < -0.39 is 7.60 Å². The van der Waals surface area contributed by atoms with Gasteiger partial charge in [0, 0.05) is 24.5 Å². The van der Waals surface area contributed by atoms with Crippen LogP contribution in [0.3, 0.4) is 0 Å². The highest BCUT2D eigenvalue weighted by atomic mass is 32.2. The van der Waals surface area contributed by atoms with Gasteiger partial charge in [-0.15, -0.1) is 0 Å². The molecule has 0 saturated carbocycles. The Labute approximate surface area is 104 Å². The van der Waals surface area contributed by atoms with Crippen molar-refractivity contribution in [2.75, 3.05) is 20.4 Å². The molecule has 0 amide bonds. The summed E-state index contributed by atoms with van der Waals surface area (Å²) >= 11 is 1.62. The number of hydrogen-bond donors (Lipinski definition) is 1. The molecule has 98 valence electrons. The smallest absolute Gasteiger partial charge is 0.312 e. The highest BCUT2D eigenvalue weighted by molar-refractivity contribution is 7.98. The summed E-state index contributed by atoms with van der Waals surface area (Å²) in [5, 5.41) is 0. The summed E-state index contributed by atoms with van der Waals surface area (Å²) in [7, 11) is -0.133. The SMILES string of the molecule is COP(=O)(CC(C)(C)NSC(C)(C)C)OC. The Bertz CT molecular complexity index is 255. The number of nitrogens with one attached hydrogen (secondary N) is 1. The summed E-state index contributed by atoms with van der Waals surface area (Å²) in [5.41, 5.74) is -0.306. The third-order valence-corrected chi connectivity index (χ3v) is 5.34. The zero-order valence-electron chi connectivity index (χ0n) is 11.3. The van der Waals surface area contributed by atoms with Crippen molar-refractivity contribution in [1.82, 2.24) is 4.72 Å². The van der Waals surface area contributed by atoms with Gasteiger partial charge in [0.2, 0.25) is 0 Å². The van der Waals surface area contributed by atoms with Crippen LogP contribution in [0.1, 0.15) is 34.6 Å². The molecule has 0 aliphatic rings. The molecule has 1 N–H and O–H groups in total. The minimum absolute atomic E-state index is 0.113. The van der Waals surface area contributed by atoms with Crippen molar-refractivity contribution in [1.29, 1.82) is 0 Å². The maximum Gasteiger partial charge on any atom is 0.332 e. The van der Waals surface area contributed by atoms with E-state index >= 15 is 0 Å². The van der Waals surface area contributed by atoms with E-state index in [2.05, 4.69) is 25.5 Å². The molecule has 0 unspecified atom stereocenters. The van der Waals surface area contributed by atoms with Crippen LogP contribution in [-0.2, 0) is 13.6 Å². The zero-order chi connectivity index (χ0) is 13.0. The van der Waals surface area contributed by atoms with Crippen LogP contribution in [0.5, 0.6) is 0 Å². The van der Waals surface area contributed by atoms with Gasteiger partial charge in [0.15, 0.2) is 0 Å². The highest BCUT2D eigenvalue weighted by Crippen LogP contribution is 2.49. The van der Waals surface area contributed by atoms with Crippen molar-refractivity contribution < 1.29 is 13.6 Å². The van der Waals surface area contributed by atoms with Crippen LogP contribution in [0.2, 0.25) is 0 Å². The molecule has 0 spiro atoms. The van der Waals surface area contributed by atoms with Crippen molar-refractivity contribution in [3.05, 3.63) is 0 Å². The van der Waals surface area contributed by atoms with Crippen LogP contribution in [-0.4, -0.2) is 30.7 Å². The van der Waals surface area contributed by atoms with Crippen LogP contribution in [0.4, 0.5) is 0 Å². The first-order valence-electron chi connectivity index (χ1n) is 5.19. The fraction of sp³-hybridized carbons (Fsp3) is 1.00. The summed E-state index contributed by atoms with van der Waals surface area (Å²) in [5.74, 6) is 0. The van der Waals surface area contributed by atoms with Crippen molar-refractivity contribution >= 4 is 19.5 Å². The van der Waals surface area contributed by atoms with Gasteiger partial charge in [0.05, 0.1) is 6.16 Å². The Hall–Kier alpha value is 0.460. The van der Waals surface area contributed by atoms with Crippen molar-refractivity contribution in [3.63, 3.8) is 0 Å². The summed E-state index contributed by atoms with van der Waals surface area (Å²) in [4.78, 5) is 0. The van der Waals surface area contributed by atoms with Crippen LogP contribution < -0.4 is 4.72 Å². The van der Waals surface area contributed by atoms with E-state index in [0.29, 0.717) is 6.16 Å². The van der Waals surface area contributed by atoms with Crippen molar-refractivity contribution in [2.24, 2.45) is 0 Å². The van der Waals surface area contributed by atoms with Crippen LogP contribution in [0.15, 0.2) is 0 Å². The molecule has 0 aromatic rings. The Morgan fingerprint density at radius 2 is 1.56 bits per heavy atom. The van der Waals surface area contributed by atoms with Crippen molar-refractivity contribution in [2.45, 2.75) is 44.9 Å². The Balaban J connectivity index is 4.40. The average Bonchev–Trinajstić information content (AvgIpc) is 2.13. The number of hydrogen-bond acceptors (Lipinski definition) is 5. The van der Waals surface area contributed by atoms with Gasteiger partial charge in [0.1, 0.15) is 0 Å². The molecule has 0 bridgehead atoms. The first kappa shape index (κ1) is 16.5. The predicted octanol–water partition coefficient (Wildman–Crippen LogP) is 3.29. The molecule has 0 atom stereocenters. The monoisotopic (exact) mass is 269 g/mol. The molecule has 4 nitrogen and oxygen atoms in total. The lowest BCUT2D eigenvalue weighted by Crippen LogP contribution is -2.40. The lowest BCUT2D eigenvalue weighted by Gasteiger charge is -2.31. The normalized spacial score (nSPS) is 14.2.